The summed E-state index contributed by atoms with van der Waals surface area (Å²) < 4.78 is 0. The van der Waals surface area contributed by atoms with Crippen molar-refractivity contribution in [2.75, 3.05) is 26.2 Å². The first kappa shape index (κ1) is 15.3. The highest BCUT2D eigenvalue weighted by atomic mass is 15.2. The Bertz CT molecular complexity index is 282. The van der Waals surface area contributed by atoms with Crippen LogP contribution in [0.15, 0.2) is 0 Å². The molecule has 0 atom stereocenters. The summed E-state index contributed by atoms with van der Waals surface area (Å²) in [5.74, 6) is 1.88. The molecule has 0 aromatic carbocycles. The lowest BCUT2D eigenvalue weighted by molar-refractivity contribution is 0.0524. The lowest BCUT2D eigenvalue weighted by Gasteiger charge is -2.46. The standard InChI is InChI=1S/C17H34N2/c1-16(2,3)15-8-6-14(7-9-15)12-19-11-10-18-13-17(19,4)5/h14-15,18H,6-13H2,1-5H3. The largest absolute Gasteiger partial charge is 0.314 e. The molecule has 0 spiro atoms. The average Bonchev–Trinajstić information content (AvgIpc) is 2.31. The second-order valence-electron chi connectivity index (χ2n) is 8.52. The predicted octanol–water partition coefficient (Wildman–Crippen LogP) is 3.52. The van der Waals surface area contributed by atoms with E-state index in [1.807, 2.05) is 0 Å². The summed E-state index contributed by atoms with van der Waals surface area (Å²) in [4.78, 5) is 2.73. The molecule has 1 saturated heterocycles. The van der Waals surface area contributed by atoms with Crippen LogP contribution < -0.4 is 5.32 Å². The van der Waals surface area contributed by atoms with Gasteiger partial charge in [0.25, 0.3) is 0 Å². The van der Waals surface area contributed by atoms with Gasteiger partial charge in [-0.2, -0.15) is 0 Å². The van der Waals surface area contributed by atoms with E-state index in [9.17, 15) is 0 Å². The third kappa shape index (κ3) is 3.95. The molecule has 0 radical (unpaired) electrons. The number of piperazine rings is 1. The summed E-state index contributed by atoms with van der Waals surface area (Å²) in [7, 11) is 0. The minimum absolute atomic E-state index is 0.346. The van der Waals surface area contributed by atoms with Crippen molar-refractivity contribution >= 4 is 0 Å². The molecule has 112 valence electrons. The van der Waals surface area contributed by atoms with Crippen molar-refractivity contribution in [3.63, 3.8) is 0 Å². The molecule has 1 heterocycles. The third-order valence-electron chi connectivity index (χ3n) is 5.52. The molecule has 2 nitrogen and oxygen atoms in total. The molecule has 19 heavy (non-hydrogen) atoms. The van der Waals surface area contributed by atoms with Gasteiger partial charge in [-0.25, -0.2) is 0 Å². The zero-order chi connectivity index (χ0) is 14.1. The van der Waals surface area contributed by atoms with Crippen molar-refractivity contribution in [2.45, 2.75) is 65.8 Å². The molecular formula is C17H34N2. The van der Waals surface area contributed by atoms with Crippen LogP contribution in [0.4, 0.5) is 0 Å². The average molecular weight is 266 g/mol. The number of hydrogen-bond donors (Lipinski definition) is 1. The highest BCUT2D eigenvalue weighted by molar-refractivity contribution is 4.90. The van der Waals surface area contributed by atoms with Crippen LogP contribution in [0.1, 0.15) is 60.3 Å². The summed E-state index contributed by atoms with van der Waals surface area (Å²) in [5, 5.41) is 3.53. The molecule has 2 heteroatoms. The number of rotatable bonds is 2. The molecule has 0 unspecified atom stereocenters. The predicted molar refractivity (Wildman–Crippen MR) is 83.4 cm³/mol. The fourth-order valence-corrected chi connectivity index (χ4v) is 3.88. The van der Waals surface area contributed by atoms with Crippen LogP contribution in [0.2, 0.25) is 0 Å². The van der Waals surface area contributed by atoms with Crippen LogP contribution in [-0.2, 0) is 0 Å². The van der Waals surface area contributed by atoms with Gasteiger partial charge in [0.15, 0.2) is 0 Å². The Balaban J connectivity index is 1.82. The summed E-state index contributed by atoms with van der Waals surface area (Å²) in [6, 6.07) is 0. The van der Waals surface area contributed by atoms with Crippen molar-refractivity contribution in [1.82, 2.24) is 10.2 Å². The van der Waals surface area contributed by atoms with Crippen molar-refractivity contribution in [3.05, 3.63) is 0 Å². The summed E-state index contributed by atoms with van der Waals surface area (Å²) in [5.41, 5.74) is 0.860. The molecule has 0 aromatic rings. The highest BCUT2D eigenvalue weighted by Gasteiger charge is 2.34. The first-order valence-electron chi connectivity index (χ1n) is 8.25. The Morgan fingerprint density at radius 2 is 1.74 bits per heavy atom. The van der Waals surface area contributed by atoms with E-state index in [-0.39, 0.29) is 0 Å². The van der Waals surface area contributed by atoms with E-state index in [1.165, 1.54) is 45.3 Å². The molecule has 1 saturated carbocycles. The summed E-state index contributed by atoms with van der Waals surface area (Å²) >= 11 is 0. The summed E-state index contributed by atoms with van der Waals surface area (Å²) in [6.07, 6.45) is 5.78. The quantitative estimate of drug-likeness (QED) is 0.822. The van der Waals surface area contributed by atoms with E-state index in [4.69, 9.17) is 0 Å². The Morgan fingerprint density at radius 1 is 1.11 bits per heavy atom. The molecule has 1 N–H and O–H groups in total. The minimum Gasteiger partial charge on any atom is -0.314 e. The van der Waals surface area contributed by atoms with Crippen LogP contribution in [0, 0.1) is 17.3 Å². The number of nitrogens with zero attached hydrogens (tertiary/aromatic N) is 1. The first-order chi connectivity index (χ1) is 8.79. The highest BCUT2D eigenvalue weighted by Crippen LogP contribution is 2.40. The molecule has 1 aliphatic carbocycles. The van der Waals surface area contributed by atoms with Crippen molar-refractivity contribution < 1.29 is 0 Å². The second-order valence-corrected chi connectivity index (χ2v) is 8.52. The van der Waals surface area contributed by atoms with E-state index in [1.54, 1.807) is 0 Å². The Morgan fingerprint density at radius 3 is 2.26 bits per heavy atom. The van der Waals surface area contributed by atoms with Crippen molar-refractivity contribution in [1.29, 1.82) is 0 Å². The molecule has 0 aromatic heterocycles. The molecule has 2 aliphatic rings. The number of nitrogens with one attached hydrogen (secondary N) is 1. The van der Waals surface area contributed by atoms with Crippen LogP contribution in [0.25, 0.3) is 0 Å². The fourth-order valence-electron chi connectivity index (χ4n) is 3.88. The monoisotopic (exact) mass is 266 g/mol. The van der Waals surface area contributed by atoms with Crippen molar-refractivity contribution in [2.24, 2.45) is 17.3 Å². The van der Waals surface area contributed by atoms with Gasteiger partial charge in [-0.1, -0.05) is 20.8 Å². The van der Waals surface area contributed by atoms with E-state index in [0.717, 1.165) is 18.4 Å². The molecule has 1 aliphatic heterocycles. The molecular weight excluding hydrogens is 232 g/mol. The maximum absolute atomic E-state index is 3.53. The molecule has 2 rings (SSSR count). The fraction of sp³-hybridized carbons (Fsp3) is 1.00. The zero-order valence-electron chi connectivity index (χ0n) is 13.8. The van der Waals surface area contributed by atoms with Gasteiger partial charge >= 0.3 is 0 Å². The smallest absolute Gasteiger partial charge is 0.0278 e. The van der Waals surface area contributed by atoms with E-state index < -0.39 is 0 Å². The third-order valence-corrected chi connectivity index (χ3v) is 5.52. The van der Waals surface area contributed by atoms with Gasteiger partial charge in [0.1, 0.15) is 0 Å². The first-order valence-corrected chi connectivity index (χ1v) is 8.25. The van der Waals surface area contributed by atoms with Crippen LogP contribution in [-0.4, -0.2) is 36.6 Å². The molecule has 2 fully saturated rings. The van der Waals surface area contributed by atoms with E-state index in [0.29, 0.717) is 11.0 Å². The molecule has 0 bridgehead atoms. The van der Waals surface area contributed by atoms with Gasteiger partial charge in [-0.15, -0.1) is 0 Å². The molecule has 0 amide bonds. The van der Waals surface area contributed by atoms with Crippen LogP contribution >= 0.6 is 0 Å². The zero-order valence-corrected chi connectivity index (χ0v) is 13.8. The summed E-state index contributed by atoms with van der Waals surface area (Å²) in [6.45, 7) is 16.9. The second kappa shape index (κ2) is 5.73. The normalized spacial score (nSPS) is 33.3. The van der Waals surface area contributed by atoms with Gasteiger partial charge in [-0.05, 0) is 56.8 Å². The maximum Gasteiger partial charge on any atom is 0.0278 e. The maximum atomic E-state index is 3.53. The van der Waals surface area contributed by atoms with Gasteiger partial charge < -0.3 is 5.32 Å². The van der Waals surface area contributed by atoms with E-state index >= 15 is 0 Å². The topological polar surface area (TPSA) is 15.3 Å². The number of hydrogen-bond acceptors (Lipinski definition) is 2. The lowest BCUT2D eigenvalue weighted by atomic mass is 9.69. The minimum atomic E-state index is 0.346. The van der Waals surface area contributed by atoms with Crippen molar-refractivity contribution in [3.8, 4) is 0 Å². The lowest BCUT2D eigenvalue weighted by Crippen LogP contribution is -2.59. The Kier molecular flexibility index (Phi) is 4.62. The van der Waals surface area contributed by atoms with Crippen LogP contribution in [0.5, 0.6) is 0 Å². The Hall–Kier alpha value is -0.0800. The van der Waals surface area contributed by atoms with E-state index in [2.05, 4.69) is 44.8 Å². The Labute approximate surface area is 120 Å². The SMILES string of the molecule is CC(C)(C)C1CCC(CN2CCNCC2(C)C)CC1. The van der Waals surface area contributed by atoms with Crippen LogP contribution in [0.3, 0.4) is 0 Å². The van der Waals surface area contributed by atoms with Gasteiger partial charge in [0, 0.05) is 31.7 Å². The van der Waals surface area contributed by atoms with Gasteiger partial charge in [0.2, 0.25) is 0 Å². The van der Waals surface area contributed by atoms with Gasteiger partial charge in [0.05, 0.1) is 0 Å². The van der Waals surface area contributed by atoms with Gasteiger partial charge in [-0.3, -0.25) is 4.90 Å².